The van der Waals surface area contributed by atoms with Gasteiger partial charge in [0.15, 0.2) is 0 Å². The standard InChI is InChI=1S/C12H15NO3S/c1-6-5-9(17-10(6)12(15)16)13-11(14)7(2)8-3-4-8/h5,7-8H,3-4H2,1-2H3,(H,13,14)(H,15,16). The van der Waals surface area contributed by atoms with Crippen LogP contribution < -0.4 is 5.32 Å². The molecule has 92 valence electrons. The van der Waals surface area contributed by atoms with E-state index in [9.17, 15) is 9.59 Å². The minimum atomic E-state index is -0.941. The van der Waals surface area contributed by atoms with Crippen LogP contribution in [0.25, 0.3) is 0 Å². The lowest BCUT2D eigenvalue weighted by Gasteiger charge is -2.08. The number of carboxylic acids is 1. The summed E-state index contributed by atoms with van der Waals surface area (Å²) in [7, 11) is 0. The molecule has 1 aromatic heterocycles. The Morgan fingerprint density at radius 3 is 2.65 bits per heavy atom. The Labute approximate surface area is 104 Å². The van der Waals surface area contributed by atoms with Gasteiger partial charge < -0.3 is 10.4 Å². The molecule has 1 aromatic rings. The van der Waals surface area contributed by atoms with Crippen molar-refractivity contribution in [3.63, 3.8) is 0 Å². The van der Waals surface area contributed by atoms with E-state index in [-0.39, 0.29) is 11.8 Å². The number of amides is 1. The smallest absolute Gasteiger partial charge is 0.346 e. The van der Waals surface area contributed by atoms with Gasteiger partial charge in [-0.15, -0.1) is 11.3 Å². The molecule has 0 aromatic carbocycles. The second kappa shape index (κ2) is 4.49. The van der Waals surface area contributed by atoms with Crippen LogP contribution >= 0.6 is 11.3 Å². The summed E-state index contributed by atoms with van der Waals surface area (Å²) in [5.74, 6) is -0.422. The molecule has 17 heavy (non-hydrogen) atoms. The number of rotatable bonds is 4. The summed E-state index contributed by atoms with van der Waals surface area (Å²) in [6.45, 7) is 3.66. The highest BCUT2D eigenvalue weighted by molar-refractivity contribution is 7.18. The first-order valence-corrected chi connectivity index (χ1v) is 6.45. The van der Waals surface area contributed by atoms with E-state index in [2.05, 4.69) is 5.32 Å². The first-order valence-electron chi connectivity index (χ1n) is 5.63. The van der Waals surface area contributed by atoms with Gasteiger partial charge >= 0.3 is 5.97 Å². The van der Waals surface area contributed by atoms with Gasteiger partial charge in [-0.2, -0.15) is 0 Å². The largest absolute Gasteiger partial charge is 0.477 e. The van der Waals surface area contributed by atoms with Crippen LogP contribution in [0.2, 0.25) is 0 Å². The first kappa shape index (κ1) is 12.1. The average Bonchev–Trinajstić information content (AvgIpc) is 3.02. The van der Waals surface area contributed by atoms with Crippen LogP contribution in [0.3, 0.4) is 0 Å². The molecule has 1 unspecified atom stereocenters. The van der Waals surface area contributed by atoms with E-state index in [1.54, 1.807) is 13.0 Å². The third kappa shape index (κ3) is 2.66. The van der Waals surface area contributed by atoms with Gasteiger partial charge in [0.05, 0.1) is 5.00 Å². The molecule has 1 amide bonds. The quantitative estimate of drug-likeness (QED) is 0.867. The Hall–Kier alpha value is -1.36. The fourth-order valence-electron chi connectivity index (χ4n) is 1.80. The van der Waals surface area contributed by atoms with Crippen molar-refractivity contribution in [3.8, 4) is 0 Å². The molecular formula is C12H15NO3S. The molecule has 0 spiro atoms. The highest BCUT2D eigenvalue weighted by Crippen LogP contribution is 2.37. The van der Waals surface area contributed by atoms with E-state index in [0.717, 1.165) is 24.2 Å². The molecule has 0 saturated heterocycles. The Balaban J connectivity index is 2.05. The van der Waals surface area contributed by atoms with E-state index in [1.807, 2.05) is 6.92 Å². The van der Waals surface area contributed by atoms with Crippen LogP contribution in [-0.4, -0.2) is 17.0 Å². The molecular weight excluding hydrogens is 238 g/mol. The maximum Gasteiger partial charge on any atom is 0.346 e. The summed E-state index contributed by atoms with van der Waals surface area (Å²) in [4.78, 5) is 23.0. The lowest BCUT2D eigenvalue weighted by Crippen LogP contribution is -2.21. The minimum Gasteiger partial charge on any atom is -0.477 e. The van der Waals surface area contributed by atoms with Crippen LogP contribution in [0.5, 0.6) is 0 Å². The number of carboxylic acid groups (broad SMARTS) is 1. The Bertz CT molecular complexity index is 462. The number of carbonyl (C=O) groups is 2. The predicted octanol–water partition coefficient (Wildman–Crippen LogP) is 2.74. The Morgan fingerprint density at radius 1 is 1.53 bits per heavy atom. The third-order valence-corrected chi connectivity index (χ3v) is 4.24. The number of hydrogen-bond donors (Lipinski definition) is 2. The molecule has 1 saturated carbocycles. The summed E-state index contributed by atoms with van der Waals surface area (Å²) in [6.07, 6.45) is 2.25. The summed E-state index contributed by atoms with van der Waals surface area (Å²) < 4.78 is 0. The molecule has 1 aliphatic rings. The van der Waals surface area contributed by atoms with Gasteiger partial charge in [-0.1, -0.05) is 6.92 Å². The highest BCUT2D eigenvalue weighted by atomic mass is 32.1. The SMILES string of the molecule is Cc1cc(NC(=O)C(C)C2CC2)sc1C(=O)O. The van der Waals surface area contributed by atoms with Crippen LogP contribution in [0.4, 0.5) is 5.00 Å². The second-order valence-corrected chi connectivity index (χ2v) is 5.60. The Morgan fingerprint density at radius 2 is 2.18 bits per heavy atom. The van der Waals surface area contributed by atoms with Crippen molar-refractivity contribution in [1.29, 1.82) is 0 Å². The second-order valence-electron chi connectivity index (χ2n) is 4.54. The van der Waals surface area contributed by atoms with Gasteiger partial charge in [0, 0.05) is 5.92 Å². The molecule has 2 rings (SSSR count). The molecule has 4 nitrogen and oxygen atoms in total. The fraction of sp³-hybridized carbons (Fsp3) is 0.500. The van der Waals surface area contributed by atoms with Gasteiger partial charge in [0.1, 0.15) is 4.88 Å². The lowest BCUT2D eigenvalue weighted by atomic mass is 10.1. The van der Waals surface area contributed by atoms with Crippen LogP contribution in [-0.2, 0) is 4.79 Å². The average molecular weight is 253 g/mol. The van der Waals surface area contributed by atoms with E-state index in [1.165, 1.54) is 0 Å². The predicted molar refractivity (Wildman–Crippen MR) is 66.5 cm³/mol. The lowest BCUT2D eigenvalue weighted by molar-refractivity contribution is -0.119. The van der Waals surface area contributed by atoms with E-state index in [0.29, 0.717) is 21.4 Å². The molecule has 1 aliphatic carbocycles. The zero-order valence-electron chi connectivity index (χ0n) is 9.82. The molecule has 0 radical (unpaired) electrons. The van der Waals surface area contributed by atoms with Gasteiger partial charge in [0.2, 0.25) is 5.91 Å². The van der Waals surface area contributed by atoms with Crippen molar-refractivity contribution in [1.82, 2.24) is 0 Å². The molecule has 1 fully saturated rings. The first-order chi connectivity index (χ1) is 7.99. The summed E-state index contributed by atoms with van der Waals surface area (Å²) >= 11 is 1.11. The Kier molecular flexibility index (Phi) is 3.19. The summed E-state index contributed by atoms with van der Waals surface area (Å²) in [5, 5.41) is 12.3. The van der Waals surface area contributed by atoms with E-state index >= 15 is 0 Å². The molecule has 0 aliphatic heterocycles. The topological polar surface area (TPSA) is 66.4 Å². The van der Waals surface area contributed by atoms with Crippen molar-refractivity contribution in [2.75, 3.05) is 5.32 Å². The maximum absolute atomic E-state index is 11.8. The molecule has 1 heterocycles. The molecule has 2 N–H and O–H groups in total. The van der Waals surface area contributed by atoms with Crippen LogP contribution in [0, 0.1) is 18.8 Å². The van der Waals surface area contributed by atoms with E-state index < -0.39 is 5.97 Å². The summed E-state index contributed by atoms with van der Waals surface area (Å²) in [6, 6.07) is 1.71. The minimum absolute atomic E-state index is 0.00862. The zero-order chi connectivity index (χ0) is 12.6. The van der Waals surface area contributed by atoms with Crippen molar-refractivity contribution >= 4 is 28.2 Å². The number of aryl methyl sites for hydroxylation is 1. The van der Waals surface area contributed by atoms with Gasteiger partial charge in [-0.05, 0) is 37.3 Å². The fourth-order valence-corrected chi connectivity index (χ4v) is 2.72. The van der Waals surface area contributed by atoms with Crippen molar-refractivity contribution < 1.29 is 14.7 Å². The van der Waals surface area contributed by atoms with Crippen molar-refractivity contribution in [3.05, 3.63) is 16.5 Å². The summed E-state index contributed by atoms with van der Waals surface area (Å²) in [5.41, 5.74) is 0.692. The van der Waals surface area contributed by atoms with Crippen LogP contribution in [0.15, 0.2) is 6.07 Å². The van der Waals surface area contributed by atoms with Gasteiger partial charge in [-0.25, -0.2) is 4.79 Å². The maximum atomic E-state index is 11.8. The van der Waals surface area contributed by atoms with Gasteiger partial charge in [0.25, 0.3) is 0 Å². The number of carbonyl (C=O) groups excluding carboxylic acids is 1. The number of aromatic carboxylic acids is 1. The number of hydrogen-bond acceptors (Lipinski definition) is 3. The zero-order valence-corrected chi connectivity index (χ0v) is 10.6. The third-order valence-electron chi connectivity index (χ3n) is 3.10. The molecule has 5 heteroatoms. The number of thiophene rings is 1. The monoisotopic (exact) mass is 253 g/mol. The number of nitrogens with one attached hydrogen (secondary N) is 1. The molecule has 0 bridgehead atoms. The van der Waals surface area contributed by atoms with Crippen LogP contribution in [0.1, 0.15) is 35.0 Å². The number of anilines is 1. The van der Waals surface area contributed by atoms with Crippen molar-refractivity contribution in [2.45, 2.75) is 26.7 Å². The van der Waals surface area contributed by atoms with E-state index in [4.69, 9.17) is 5.11 Å². The van der Waals surface area contributed by atoms with Crippen molar-refractivity contribution in [2.24, 2.45) is 11.8 Å². The van der Waals surface area contributed by atoms with Gasteiger partial charge in [-0.3, -0.25) is 4.79 Å². The highest BCUT2D eigenvalue weighted by Gasteiger charge is 2.32. The molecule has 1 atom stereocenters. The normalized spacial score (nSPS) is 16.6.